The minimum Gasteiger partial charge on any atom is -0.294 e. The molecule has 0 fully saturated rings. The van der Waals surface area contributed by atoms with Crippen LogP contribution in [-0.4, -0.2) is 15.8 Å². The highest BCUT2D eigenvalue weighted by molar-refractivity contribution is 9.10. The van der Waals surface area contributed by atoms with Gasteiger partial charge in [0.15, 0.2) is 5.78 Å². The third kappa shape index (κ3) is 2.75. The van der Waals surface area contributed by atoms with E-state index < -0.39 is 0 Å². The third-order valence-electron chi connectivity index (χ3n) is 3.00. The van der Waals surface area contributed by atoms with Gasteiger partial charge in [-0.2, -0.15) is 0 Å². The molecule has 0 saturated heterocycles. The van der Waals surface area contributed by atoms with Crippen LogP contribution in [0.4, 0.5) is 0 Å². The number of halogens is 1. The number of fused-ring (bicyclic) bond motifs is 1. The van der Waals surface area contributed by atoms with Crippen molar-refractivity contribution in [2.45, 2.75) is 6.42 Å². The zero-order chi connectivity index (χ0) is 13.9. The molecule has 3 nitrogen and oxygen atoms in total. The molecule has 1 aromatic carbocycles. The molecule has 0 spiro atoms. The van der Waals surface area contributed by atoms with Crippen LogP contribution in [0.2, 0.25) is 0 Å². The summed E-state index contributed by atoms with van der Waals surface area (Å²) in [6.45, 7) is 0. The van der Waals surface area contributed by atoms with E-state index in [2.05, 4.69) is 25.9 Å². The summed E-state index contributed by atoms with van der Waals surface area (Å²) in [5, 5.41) is 0. The molecule has 0 aliphatic carbocycles. The molecule has 0 aliphatic heterocycles. The summed E-state index contributed by atoms with van der Waals surface area (Å²) in [4.78, 5) is 20.9. The predicted octanol–water partition coefficient (Wildman–Crippen LogP) is 3.82. The molecule has 0 bridgehead atoms. The third-order valence-corrected chi connectivity index (χ3v) is 3.43. The van der Waals surface area contributed by atoms with Gasteiger partial charge in [0.1, 0.15) is 0 Å². The van der Waals surface area contributed by atoms with Gasteiger partial charge >= 0.3 is 0 Å². The first kappa shape index (κ1) is 12.9. The lowest BCUT2D eigenvalue weighted by molar-refractivity contribution is 0.0992. The Balaban J connectivity index is 1.89. The van der Waals surface area contributed by atoms with E-state index in [4.69, 9.17) is 0 Å². The zero-order valence-corrected chi connectivity index (χ0v) is 12.2. The van der Waals surface area contributed by atoms with E-state index in [-0.39, 0.29) is 5.78 Å². The molecule has 0 saturated carbocycles. The highest BCUT2D eigenvalue weighted by Gasteiger charge is 2.08. The molecule has 4 heteroatoms. The van der Waals surface area contributed by atoms with Gasteiger partial charge in [-0.25, -0.2) is 0 Å². The fraction of sp³-hybridized carbons (Fsp3) is 0.0625. The molecular formula is C16H11BrN2O. The van der Waals surface area contributed by atoms with Gasteiger partial charge in [0.2, 0.25) is 0 Å². The summed E-state index contributed by atoms with van der Waals surface area (Å²) in [5.41, 5.74) is 3.08. The van der Waals surface area contributed by atoms with Crippen LogP contribution in [0, 0.1) is 0 Å². The summed E-state index contributed by atoms with van der Waals surface area (Å²) < 4.78 is 0.879. The number of carbonyl (C=O) groups is 1. The van der Waals surface area contributed by atoms with Crippen molar-refractivity contribution >= 4 is 32.7 Å². The van der Waals surface area contributed by atoms with Crippen LogP contribution in [0.15, 0.2) is 59.2 Å². The number of benzene rings is 1. The Bertz CT molecular complexity index is 772. The fourth-order valence-electron chi connectivity index (χ4n) is 2.01. The minimum absolute atomic E-state index is 0.0698. The maximum atomic E-state index is 12.2. The first-order chi connectivity index (χ1) is 9.72. The largest absolute Gasteiger partial charge is 0.294 e. The molecule has 20 heavy (non-hydrogen) atoms. The molecule has 3 aromatic rings. The molecule has 98 valence electrons. The second-order valence-corrected chi connectivity index (χ2v) is 5.38. The fourth-order valence-corrected chi connectivity index (χ4v) is 2.33. The Morgan fingerprint density at radius 1 is 1.05 bits per heavy atom. The van der Waals surface area contributed by atoms with Gasteiger partial charge < -0.3 is 0 Å². The summed E-state index contributed by atoms with van der Waals surface area (Å²) >= 11 is 3.38. The smallest absolute Gasteiger partial charge is 0.168 e. The first-order valence-corrected chi connectivity index (χ1v) is 7.01. The van der Waals surface area contributed by atoms with Crippen LogP contribution < -0.4 is 0 Å². The van der Waals surface area contributed by atoms with Gasteiger partial charge in [0, 0.05) is 21.9 Å². The van der Waals surface area contributed by atoms with Crippen molar-refractivity contribution in [3.05, 3.63) is 70.5 Å². The maximum Gasteiger partial charge on any atom is 0.168 e. The SMILES string of the molecule is O=C(Cc1ccc2ncc(Br)cc2n1)c1ccccc1. The van der Waals surface area contributed by atoms with Crippen molar-refractivity contribution < 1.29 is 4.79 Å². The van der Waals surface area contributed by atoms with Crippen LogP contribution in [0.3, 0.4) is 0 Å². The van der Waals surface area contributed by atoms with Crippen molar-refractivity contribution in [2.75, 3.05) is 0 Å². The lowest BCUT2D eigenvalue weighted by Crippen LogP contribution is -2.05. The lowest BCUT2D eigenvalue weighted by atomic mass is 10.1. The van der Waals surface area contributed by atoms with E-state index in [1.165, 1.54) is 0 Å². The molecule has 0 unspecified atom stereocenters. The number of hydrogen-bond donors (Lipinski definition) is 0. The summed E-state index contributed by atoms with van der Waals surface area (Å²) in [5.74, 6) is 0.0698. The number of rotatable bonds is 3. The van der Waals surface area contributed by atoms with E-state index >= 15 is 0 Å². The van der Waals surface area contributed by atoms with Crippen LogP contribution >= 0.6 is 15.9 Å². The second-order valence-electron chi connectivity index (χ2n) is 4.46. The number of ketones is 1. The predicted molar refractivity (Wildman–Crippen MR) is 81.7 cm³/mol. The molecule has 0 radical (unpaired) electrons. The van der Waals surface area contributed by atoms with Gasteiger partial charge in [-0.1, -0.05) is 30.3 Å². The molecule has 0 N–H and O–H groups in total. The zero-order valence-electron chi connectivity index (χ0n) is 10.6. The lowest BCUT2D eigenvalue weighted by Gasteiger charge is -2.03. The minimum atomic E-state index is 0.0698. The van der Waals surface area contributed by atoms with Gasteiger partial charge in [-0.05, 0) is 34.1 Å². The van der Waals surface area contributed by atoms with E-state index in [0.717, 1.165) is 21.2 Å². The standard InChI is InChI=1S/C16H11BrN2O/c17-12-8-15-14(18-10-12)7-6-13(19-15)9-16(20)11-4-2-1-3-5-11/h1-8,10H,9H2. The Morgan fingerprint density at radius 3 is 2.65 bits per heavy atom. The van der Waals surface area contributed by atoms with E-state index in [1.807, 2.05) is 48.5 Å². The number of pyridine rings is 2. The average molecular weight is 327 g/mol. The van der Waals surface area contributed by atoms with Crippen molar-refractivity contribution in [2.24, 2.45) is 0 Å². The molecule has 0 atom stereocenters. The molecule has 2 aromatic heterocycles. The highest BCUT2D eigenvalue weighted by Crippen LogP contribution is 2.16. The Morgan fingerprint density at radius 2 is 1.85 bits per heavy atom. The number of Topliss-reactive ketones (excluding diaryl/α,β-unsaturated/α-hetero) is 1. The Hall–Kier alpha value is -2.07. The molecule has 0 amide bonds. The molecular weight excluding hydrogens is 316 g/mol. The van der Waals surface area contributed by atoms with Crippen molar-refractivity contribution in [1.29, 1.82) is 0 Å². The van der Waals surface area contributed by atoms with Crippen LogP contribution in [0.5, 0.6) is 0 Å². The second kappa shape index (κ2) is 5.51. The van der Waals surface area contributed by atoms with Crippen LogP contribution in [-0.2, 0) is 6.42 Å². The van der Waals surface area contributed by atoms with Crippen molar-refractivity contribution in [3.8, 4) is 0 Å². The quantitative estimate of drug-likeness (QED) is 0.687. The maximum absolute atomic E-state index is 12.2. The molecule has 0 aliphatic rings. The van der Waals surface area contributed by atoms with Gasteiger partial charge in [-0.3, -0.25) is 14.8 Å². The van der Waals surface area contributed by atoms with Crippen LogP contribution in [0.25, 0.3) is 11.0 Å². The van der Waals surface area contributed by atoms with Gasteiger partial charge in [0.25, 0.3) is 0 Å². The molecule has 3 rings (SSSR count). The number of carbonyl (C=O) groups excluding carboxylic acids is 1. The van der Waals surface area contributed by atoms with E-state index in [1.54, 1.807) is 6.20 Å². The van der Waals surface area contributed by atoms with E-state index in [0.29, 0.717) is 12.0 Å². The highest BCUT2D eigenvalue weighted by atomic mass is 79.9. The monoisotopic (exact) mass is 326 g/mol. The topological polar surface area (TPSA) is 42.9 Å². The van der Waals surface area contributed by atoms with Crippen LogP contribution in [0.1, 0.15) is 16.1 Å². The summed E-state index contributed by atoms with van der Waals surface area (Å²) in [6, 6.07) is 14.9. The number of hydrogen-bond acceptors (Lipinski definition) is 3. The Kier molecular flexibility index (Phi) is 3.56. The Labute approximate surface area is 124 Å². The van der Waals surface area contributed by atoms with Crippen molar-refractivity contribution in [1.82, 2.24) is 9.97 Å². The summed E-state index contributed by atoms with van der Waals surface area (Å²) in [6.07, 6.45) is 2.03. The normalized spacial score (nSPS) is 10.7. The average Bonchev–Trinajstić information content (AvgIpc) is 2.47. The number of aromatic nitrogens is 2. The van der Waals surface area contributed by atoms with E-state index in [9.17, 15) is 4.79 Å². The van der Waals surface area contributed by atoms with Gasteiger partial charge in [-0.15, -0.1) is 0 Å². The van der Waals surface area contributed by atoms with Gasteiger partial charge in [0.05, 0.1) is 17.5 Å². The first-order valence-electron chi connectivity index (χ1n) is 6.22. The summed E-state index contributed by atoms with van der Waals surface area (Å²) in [7, 11) is 0. The molecule has 2 heterocycles. The number of nitrogens with zero attached hydrogens (tertiary/aromatic N) is 2. The van der Waals surface area contributed by atoms with Crippen molar-refractivity contribution in [3.63, 3.8) is 0 Å².